The van der Waals surface area contributed by atoms with E-state index in [0.717, 1.165) is 16.9 Å². The molecule has 0 saturated carbocycles. The molecule has 0 spiro atoms. The molecule has 0 aliphatic heterocycles. The van der Waals surface area contributed by atoms with Crippen LogP contribution in [0, 0.1) is 12.3 Å². The van der Waals surface area contributed by atoms with Crippen LogP contribution in [0.5, 0.6) is 0 Å². The van der Waals surface area contributed by atoms with E-state index in [-0.39, 0.29) is 0 Å². The third-order valence-electron chi connectivity index (χ3n) is 2.94. The molecule has 0 bridgehead atoms. The van der Waals surface area contributed by atoms with Gasteiger partial charge in [-0.2, -0.15) is 0 Å². The molecule has 0 unspecified atom stereocenters. The zero-order valence-electron chi connectivity index (χ0n) is 10.8. The number of para-hydroxylation sites is 1. The van der Waals surface area contributed by atoms with Crippen molar-refractivity contribution in [3.05, 3.63) is 59.7 Å². The SMILES string of the molecule is C#Cc1ccccc1Nc1ccc(C(C)C)cc1. The number of hydrogen-bond acceptors (Lipinski definition) is 1. The molecule has 0 aliphatic carbocycles. The molecule has 90 valence electrons. The van der Waals surface area contributed by atoms with Crippen LogP contribution in [0.15, 0.2) is 48.5 Å². The first-order valence-corrected chi connectivity index (χ1v) is 6.13. The highest BCUT2D eigenvalue weighted by molar-refractivity contribution is 5.67. The Morgan fingerprint density at radius 2 is 1.67 bits per heavy atom. The Morgan fingerprint density at radius 3 is 2.28 bits per heavy atom. The summed E-state index contributed by atoms with van der Waals surface area (Å²) >= 11 is 0. The van der Waals surface area contributed by atoms with Gasteiger partial charge in [-0.3, -0.25) is 0 Å². The van der Waals surface area contributed by atoms with Gasteiger partial charge in [-0.1, -0.05) is 44.0 Å². The lowest BCUT2D eigenvalue weighted by molar-refractivity contribution is 0.867. The first kappa shape index (κ1) is 12.3. The highest BCUT2D eigenvalue weighted by Gasteiger charge is 2.01. The summed E-state index contributed by atoms with van der Waals surface area (Å²) in [5, 5.41) is 3.35. The lowest BCUT2D eigenvalue weighted by atomic mass is 10.0. The maximum Gasteiger partial charge on any atom is 0.0543 e. The second kappa shape index (κ2) is 5.42. The van der Waals surface area contributed by atoms with Crippen LogP contribution >= 0.6 is 0 Å². The smallest absolute Gasteiger partial charge is 0.0543 e. The summed E-state index contributed by atoms with van der Waals surface area (Å²) in [7, 11) is 0. The Bertz CT molecular complexity index is 559. The van der Waals surface area contributed by atoms with Gasteiger partial charge in [-0.25, -0.2) is 0 Å². The minimum absolute atomic E-state index is 0.553. The fraction of sp³-hybridized carbons (Fsp3) is 0.176. The Morgan fingerprint density at radius 1 is 1.00 bits per heavy atom. The van der Waals surface area contributed by atoms with E-state index in [1.807, 2.05) is 24.3 Å². The first-order valence-electron chi connectivity index (χ1n) is 6.13. The number of terminal acetylenes is 1. The number of rotatable bonds is 3. The maximum absolute atomic E-state index is 5.48. The van der Waals surface area contributed by atoms with Crippen molar-refractivity contribution in [1.29, 1.82) is 0 Å². The molecule has 0 saturated heterocycles. The summed E-state index contributed by atoms with van der Waals surface area (Å²) in [6.45, 7) is 4.38. The Kier molecular flexibility index (Phi) is 3.69. The lowest BCUT2D eigenvalue weighted by Gasteiger charge is -2.10. The predicted molar refractivity (Wildman–Crippen MR) is 78.2 cm³/mol. The molecule has 2 aromatic carbocycles. The van der Waals surface area contributed by atoms with Gasteiger partial charge in [0.05, 0.1) is 5.69 Å². The van der Waals surface area contributed by atoms with Gasteiger partial charge in [0.15, 0.2) is 0 Å². The van der Waals surface area contributed by atoms with E-state index in [1.165, 1.54) is 5.56 Å². The van der Waals surface area contributed by atoms with Crippen molar-refractivity contribution in [3.63, 3.8) is 0 Å². The Labute approximate surface area is 109 Å². The zero-order chi connectivity index (χ0) is 13.0. The fourth-order valence-electron chi connectivity index (χ4n) is 1.82. The standard InChI is InChI=1S/C17H17N/c1-4-14-7-5-6-8-17(14)18-16-11-9-15(10-12-16)13(2)3/h1,5-13,18H,2-3H3. The topological polar surface area (TPSA) is 12.0 Å². The van der Waals surface area contributed by atoms with Crippen LogP contribution in [-0.2, 0) is 0 Å². The third-order valence-corrected chi connectivity index (χ3v) is 2.94. The van der Waals surface area contributed by atoms with E-state index in [4.69, 9.17) is 6.42 Å². The Balaban J connectivity index is 2.22. The highest BCUT2D eigenvalue weighted by atomic mass is 14.9. The second-order valence-corrected chi connectivity index (χ2v) is 4.59. The maximum atomic E-state index is 5.48. The minimum Gasteiger partial charge on any atom is -0.355 e. The monoisotopic (exact) mass is 235 g/mol. The lowest BCUT2D eigenvalue weighted by Crippen LogP contribution is -1.94. The van der Waals surface area contributed by atoms with E-state index in [1.54, 1.807) is 0 Å². The van der Waals surface area contributed by atoms with Gasteiger partial charge in [0, 0.05) is 11.3 Å². The summed E-state index contributed by atoms with van der Waals surface area (Å²) in [5.41, 5.74) is 4.25. The summed E-state index contributed by atoms with van der Waals surface area (Å²) < 4.78 is 0. The molecule has 2 aromatic rings. The molecule has 18 heavy (non-hydrogen) atoms. The van der Waals surface area contributed by atoms with E-state index < -0.39 is 0 Å². The zero-order valence-corrected chi connectivity index (χ0v) is 10.8. The van der Waals surface area contributed by atoms with Crippen molar-refractivity contribution in [2.75, 3.05) is 5.32 Å². The highest BCUT2D eigenvalue weighted by Crippen LogP contribution is 2.22. The van der Waals surface area contributed by atoms with Gasteiger partial charge >= 0.3 is 0 Å². The summed E-state index contributed by atoms with van der Waals surface area (Å²) in [6.07, 6.45) is 5.48. The Hall–Kier alpha value is -2.20. The quantitative estimate of drug-likeness (QED) is 0.770. The largest absolute Gasteiger partial charge is 0.355 e. The summed E-state index contributed by atoms with van der Waals surface area (Å²) in [6, 6.07) is 16.3. The third kappa shape index (κ3) is 2.73. The van der Waals surface area contributed by atoms with Crippen LogP contribution < -0.4 is 5.32 Å². The average molecular weight is 235 g/mol. The van der Waals surface area contributed by atoms with E-state index in [0.29, 0.717) is 5.92 Å². The molecule has 0 fully saturated rings. The van der Waals surface area contributed by atoms with Crippen molar-refractivity contribution in [3.8, 4) is 12.3 Å². The number of benzene rings is 2. The van der Waals surface area contributed by atoms with Gasteiger partial charge in [0.25, 0.3) is 0 Å². The molecule has 0 radical (unpaired) electrons. The van der Waals surface area contributed by atoms with Gasteiger partial charge < -0.3 is 5.32 Å². The van der Waals surface area contributed by atoms with Crippen LogP contribution in [0.3, 0.4) is 0 Å². The van der Waals surface area contributed by atoms with Gasteiger partial charge in [-0.15, -0.1) is 6.42 Å². The number of hydrogen-bond donors (Lipinski definition) is 1. The van der Waals surface area contributed by atoms with E-state index in [9.17, 15) is 0 Å². The van der Waals surface area contributed by atoms with E-state index >= 15 is 0 Å². The second-order valence-electron chi connectivity index (χ2n) is 4.59. The molecule has 1 heteroatoms. The van der Waals surface area contributed by atoms with Crippen LogP contribution in [0.25, 0.3) is 0 Å². The predicted octanol–water partition coefficient (Wildman–Crippen LogP) is 4.53. The minimum atomic E-state index is 0.553. The molecule has 0 aromatic heterocycles. The first-order chi connectivity index (χ1) is 8.70. The molecule has 0 heterocycles. The number of nitrogens with one attached hydrogen (secondary N) is 1. The molecule has 0 aliphatic rings. The van der Waals surface area contributed by atoms with Gasteiger partial charge in [0.1, 0.15) is 0 Å². The van der Waals surface area contributed by atoms with Crippen LogP contribution in [0.4, 0.5) is 11.4 Å². The molecular weight excluding hydrogens is 218 g/mol. The van der Waals surface area contributed by atoms with Crippen LogP contribution in [-0.4, -0.2) is 0 Å². The van der Waals surface area contributed by atoms with Crippen molar-refractivity contribution < 1.29 is 0 Å². The summed E-state index contributed by atoms with van der Waals surface area (Å²) in [5.74, 6) is 3.24. The van der Waals surface area contributed by atoms with Crippen molar-refractivity contribution in [1.82, 2.24) is 0 Å². The van der Waals surface area contributed by atoms with Gasteiger partial charge in [-0.05, 0) is 35.7 Å². The van der Waals surface area contributed by atoms with Gasteiger partial charge in [0.2, 0.25) is 0 Å². The van der Waals surface area contributed by atoms with Crippen LogP contribution in [0.2, 0.25) is 0 Å². The molecule has 1 N–H and O–H groups in total. The number of anilines is 2. The molecule has 1 nitrogen and oxygen atoms in total. The van der Waals surface area contributed by atoms with Crippen molar-refractivity contribution in [2.45, 2.75) is 19.8 Å². The summed E-state index contributed by atoms with van der Waals surface area (Å²) in [4.78, 5) is 0. The average Bonchev–Trinajstić information content (AvgIpc) is 2.40. The van der Waals surface area contributed by atoms with Crippen molar-refractivity contribution >= 4 is 11.4 Å². The fourth-order valence-corrected chi connectivity index (χ4v) is 1.82. The molecule has 0 atom stereocenters. The van der Waals surface area contributed by atoms with Crippen molar-refractivity contribution in [2.24, 2.45) is 0 Å². The molecule has 2 rings (SSSR count). The molecule has 0 amide bonds. The normalized spacial score (nSPS) is 10.1. The van der Waals surface area contributed by atoms with Crippen LogP contribution in [0.1, 0.15) is 30.9 Å². The molecular formula is C17H17N. The van der Waals surface area contributed by atoms with E-state index in [2.05, 4.69) is 49.4 Å².